The van der Waals surface area contributed by atoms with Crippen molar-refractivity contribution in [3.63, 3.8) is 0 Å². The molecule has 0 saturated carbocycles. The minimum absolute atomic E-state index is 1.34. The Morgan fingerprint density at radius 2 is 1.46 bits per heavy atom. The smallest absolute Gasteiger partial charge is 0.279 e. The first kappa shape index (κ1) is 15.2. The van der Waals surface area contributed by atoms with Crippen LogP contribution < -0.4 is 0 Å². The van der Waals surface area contributed by atoms with Crippen molar-refractivity contribution in [3.8, 4) is 0 Å². The van der Waals surface area contributed by atoms with Gasteiger partial charge < -0.3 is 0 Å². The molecule has 0 aliphatic heterocycles. The Morgan fingerprint density at radius 3 is 1.46 bits per heavy atom. The molecule has 0 fully saturated rings. The lowest BCUT2D eigenvalue weighted by atomic mass is 9.73. The van der Waals surface area contributed by atoms with E-state index in [4.69, 9.17) is 13.0 Å². The summed E-state index contributed by atoms with van der Waals surface area (Å²) in [6.07, 6.45) is 2.69. The predicted molar refractivity (Wildman–Crippen MR) is 45.7 cm³/mol. The Kier molecular flexibility index (Phi) is 7.33. The van der Waals surface area contributed by atoms with Crippen molar-refractivity contribution < 1.29 is 26.1 Å². The minimum Gasteiger partial charge on any atom is -0.279 e. The van der Waals surface area contributed by atoms with Crippen molar-refractivity contribution in [2.24, 2.45) is 0 Å². The van der Waals surface area contributed by atoms with Gasteiger partial charge in [-0.15, -0.1) is 0 Å². The molecule has 0 aliphatic carbocycles. The van der Waals surface area contributed by atoms with E-state index in [0.717, 1.165) is 0 Å². The fraction of sp³-hybridized carbons (Fsp3) is 1.00. The molecule has 0 spiro atoms. The van der Waals surface area contributed by atoms with Gasteiger partial charge in [0.05, 0.1) is 0 Å². The monoisotopic (exact) mass is 220 g/mol. The summed E-state index contributed by atoms with van der Waals surface area (Å²) in [5.74, 6) is 0. The lowest BCUT2D eigenvalue weighted by Gasteiger charge is -1.97. The number of hydrogen-bond donors (Lipinski definition) is 1. The zero-order chi connectivity index (χ0) is 11.1. The molecule has 3 nitrogen and oxygen atoms in total. The first-order valence-corrected chi connectivity index (χ1v) is 5.14. The van der Waals surface area contributed by atoms with E-state index in [9.17, 15) is 13.2 Å². The van der Waals surface area contributed by atoms with Crippen LogP contribution in [0.3, 0.4) is 0 Å². The van der Waals surface area contributed by atoms with Crippen molar-refractivity contribution in [2.75, 3.05) is 0 Å². The topological polar surface area (TPSA) is 54.4 Å². The highest BCUT2D eigenvalue weighted by atomic mass is 32.2. The van der Waals surface area contributed by atoms with Gasteiger partial charge in [-0.3, -0.25) is 4.55 Å². The molecule has 0 aliphatic rings. The van der Waals surface area contributed by atoms with Crippen LogP contribution in [0.1, 0.15) is 13.8 Å². The molecule has 0 aromatic carbocycles. The average Bonchev–Trinajstić information content (AvgIpc) is 1.85. The number of halogens is 3. The molecule has 0 radical (unpaired) electrons. The zero-order valence-electron chi connectivity index (χ0n) is 7.43. The van der Waals surface area contributed by atoms with Crippen LogP contribution >= 0.6 is 0 Å². The van der Waals surface area contributed by atoms with Gasteiger partial charge in [-0.05, 0) is 0 Å². The summed E-state index contributed by atoms with van der Waals surface area (Å²) in [5, 5.41) is 0. The highest BCUT2D eigenvalue weighted by Crippen LogP contribution is 2.20. The highest BCUT2D eigenvalue weighted by molar-refractivity contribution is 7.86. The Balaban J connectivity index is 0. The molecule has 0 aromatic heterocycles. The van der Waals surface area contributed by atoms with Crippen molar-refractivity contribution in [1.82, 2.24) is 0 Å². The van der Waals surface area contributed by atoms with Gasteiger partial charge in [-0.1, -0.05) is 26.5 Å². The molecular formula is C5H12BF3O3S. The maximum atomic E-state index is 10.7. The summed E-state index contributed by atoms with van der Waals surface area (Å²) in [7, 11) is -4.45. The van der Waals surface area contributed by atoms with Crippen LogP contribution in [-0.2, 0) is 10.1 Å². The summed E-state index contributed by atoms with van der Waals surface area (Å²) < 4.78 is 57.5. The second-order valence-corrected chi connectivity index (χ2v) is 3.69. The van der Waals surface area contributed by atoms with Crippen LogP contribution in [0.5, 0.6) is 0 Å². The summed E-state index contributed by atoms with van der Waals surface area (Å²) in [6.45, 7) is 4.42. The third kappa shape index (κ3) is 9.68. The van der Waals surface area contributed by atoms with Gasteiger partial charge in [0.1, 0.15) is 7.28 Å². The van der Waals surface area contributed by atoms with E-state index in [-0.39, 0.29) is 0 Å². The lowest BCUT2D eigenvalue weighted by Crippen LogP contribution is -2.21. The van der Waals surface area contributed by atoms with E-state index in [0.29, 0.717) is 0 Å². The van der Waals surface area contributed by atoms with Gasteiger partial charge >= 0.3 is 15.6 Å². The lowest BCUT2D eigenvalue weighted by molar-refractivity contribution is -0.0510. The molecule has 0 bridgehead atoms. The summed E-state index contributed by atoms with van der Waals surface area (Å²) >= 11 is 0. The second kappa shape index (κ2) is 6.25. The van der Waals surface area contributed by atoms with Crippen molar-refractivity contribution in [3.05, 3.63) is 0 Å². The Bertz CT molecular complexity index is 210. The molecule has 0 heterocycles. The Morgan fingerprint density at radius 1 is 1.23 bits per heavy atom. The van der Waals surface area contributed by atoms with E-state index in [1.54, 1.807) is 0 Å². The average molecular weight is 220 g/mol. The van der Waals surface area contributed by atoms with E-state index in [1.807, 2.05) is 0 Å². The van der Waals surface area contributed by atoms with Gasteiger partial charge in [-0.2, -0.15) is 21.6 Å². The molecule has 8 heteroatoms. The molecule has 0 saturated heterocycles. The molecular weight excluding hydrogens is 208 g/mol. The molecule has 80 valence electrons. The SMILES string of the molecule is CCBCC.O=S(=O)(O)C(F)(F)F. The number of hydrogen-bond acceptors (Lipinski definition) is 2. The van der Waals surface area contributed by atoms with Gasteiger partial charge in [0.15, 0.2) is 0 Å². The number of alkyl halides is 3. The molecule has 1 N–H and O–H groups in total. The number of rotatable bonds is 2. The maximum absolute atomic E-state index is 10.7. The molecule has 0 amide bonds. The van der Waals surface area contributed by atoms with Crippen molar-refractivity contribution >= 4 is 17.4 Å². The van der Waals surface area contributed by atoms with E-state index in [1.165, 1.54) is 19.9 Å². The quantitative estimate of drug-likeness (QED) is 0.437. The third-order valence-electron chi connectivity index (χ3n) is 1.000. The normalized spacial score (nSPS) is 11.5. The fourth-order valence-corrected chi connectivity index (χ4v) is 0.354. The standard InChI is InChI=1S/C4H11B.CHF3O3S/c1-3-5-4-2;2-1(3,4)8(5,6)7/h5H,3-4H2,1-2H3;(H,5,6,7). The maximum Gasteiger partial charge on any atom is 0.522 e. The van der Waals surface area contributed by atoms with E-state index in [2.05, 4.69) is 13.8 Å². The first-order chi connectivity index (χ1) is 5.66. The summed E-state index contributed by atoms with van der Waals surface area (Å²) in [5.41, 5.74) is -5.53. The van der Waals surface area contributed by atoms with Crippen LogP contribution in [0.15, 0.2) is 0 Å². The Hall–Kier alpha value is -0.235. The van der Waals surface area contributed by atoms with Crippen LogP contribution in [0.4, 0.5) is 13.2 Å². The molecule has 0 rings (SSSR count). The van der Waals surface area contributed by atoms with E-state index < -0.39 is 15.6 Å². The van der Waals surface area contributed by atoms with Crippen molar-refractivity contribution in [2.45, 2.75) is 32.0 Å². The van der Waals surface area contributed by atoms with Crippen LogP contribution in [0, 0.1) is 0 Å². The van der Waals surface area contributed by atoms with Gasteiger partial charge in [0, 0.05) is 0 Å². The highest BCUT2D eigenvalue weighted by Gasteiger charge is 2.44. The molecule has 0 aromatic rings. The second-order valence-electron chi connectivity index (χ2n) is 2.27. The third-order valence-corrected chi connectivity index (χ3v) is 1.58. The van der Waals surface area contributed by atoms with Gasteiger partial charge in [-0.25, -0.2) is 0 Å². The van der Waals surface area contributed by atoms with Crippen LogP contribution in [0.2, 0.25) is 12.6 Å². The minimum atomic E-state index is -5.84. The largest absolute Gasteiger partial charge is 0.522 e. The predicted octanol–water partition coefficient (Wildman–Crippen LogP) is 1.69. The van der Waals surface area contributed by atoms with E-state index >= 15 is 0 Å². The van der Waals surface area contributed by atoms with Gasteiger partial charge in [0.25, 0.3) is 0 Å². The Labute approximate surface area is 76.3 Å². The molecule has 0 atom stereocenters. The summed E-state index contributed by atoms with van der Waals surface area (Å²) in [4.78, 5) is 0. The van der Waals surface area contributed by atoms with Crippen LogP contribution in [-0.4, -0.2) is 25.8 Å². The molecule has 0 unspecified atom stereocenters. The summed E-state index contributed by atoms with van der Waals surface area (Å²) in [6, 6.07) is 0. The van der Waals surface area contributed by atoms with Gasteiger partial charge in [0.2, 0.25) is 0 Å². The zero-order valence-corrected chi connectivity index (χ0v) is 8.24. The fourth-order valence-electron chi connectivity index (χ4n) is 0.354. The van der Waals surface area contributed by atoms with Crippen molar-refractivity contribution in [1.29, 1.82) is 0 Å². The first-order valence-electron chi connectivity index (χ1n) is 3.70. The van der Waals surface area contributed by atoms with Crippen LogP contribution in [0.25, 0.3) is 0 Å². The molecule has 13 heavy (non-hydrogen) atoms.